The van der Waals surface area contributed by atoms with Crippen LogP contribution >= 0.6 is 23.2 Å². The minimum Gasteiger partial charge on any atom is -0.492 e. The van der Waals surface area contributed by atoms with E-state index < -0.39 is 5.91 Å². The molecule has 0 fully saturated rings. The first-order valence-electron chi connectivity index (χ1n) is 13.1. The van der Waals surface area contributed by atoms with Gasteiger partial charge in [-0.1, -0.05) is 25.4 Å². The number of hydrogen-bond donors (Lipinski definition) is 4. The zero-order valence-electron chi connectivity index (χ0n) is 23.8. The molecule has 3 aromatic rings. The minimum absolute atomic E-state index is 0.0164. The molecule has 1 aromatic carbocycles. The van der Waals surface area contributed by atoms with Crippen LogP contribution in [0.2, 0.25) is 5.15 Å². The van der Waals surface area contributed by atoms with E-state index in [1.165, 1.54) is 6.38 Å². The third-order valence-electron chi connectivity index (χ3n) is 6.27. The van der Waals surface area contributed by atoms with Crippen molar-refractivity contribution in [1.82, 2.24) is 30.1 Å². The number of rotatable bonds is 13. The van der Waals surface area contributed by atoms with E-state index in [2.05, 4.69) is 46.2 Å². The summed E-state index contributed by atoms with van der Waals surface area (Å²) in [6, 6.07) is 5.87. The molecule has 0 radical (unpaired) electrons. The van der Waals surface area contributed by atoms with Gasteiger partial charge in [0.25, 0.3) is 11.7 Å². The monoisotopic (exact) mass is 596 g/mol. The normalized spacial score (nSPS) is 10.8. The van der Waals surface area contributed by atoms with E-state index in [0.29, 0.717) is 38.5 Å². The maximum absolute atomic E-state index is 12.8. The molecule has 0 aliphatic heterocycles. The molecule has 0 unspecified atom stereocenters. The lowest BCUT2D eigenvalue weighted by atomic mass is 10.3. The standard InChI is InChI=1S/C25H36ClN9O3.CH3Cl/c1-5-33(6-2)15-19(36)29-11-12-38-16-9-10-17-18(13-16)35(8-4)20(34(17)7-3)14-30-25(37)21-23(27)32-24(28)22(26)31-21;1-2/h9-10,13H,5-8,11-12,14-15H2,1-4H3,(H5-,27,28,29,30,32,36,37);1H3/p+1. The highest BCUT2D eigenvalue weighted by atomic mass is 35.5. The zero-order valence-corrected chi connectivity index (χ0v) is 25.3. The number of nitrogens with zero attached hydrogens (tertiary/aromatic N) is 5. The average molecular weight is 598 g/mol. The van der Waals surface area contributed by atoms with E-state index in [-0.39, 0.29) is 34.9 Å². The highest BCUT2D eigenvalue weighted by molar-refractivity contribution is 6.31. The number of aryl methyl sites for hydroxylation is 2. The highest BCUT2D eigenvalue weighted by Crippen LogP contribution is 2.22. The van der Waals surface area contributed by atoms with Crippen molar-refractivity contribution in [3.8, 4) is 5.75 Å². The molecule has 2 amide bonds. The van der Waals surface area contributed by atoms with Gasteiger partial charge in [0.05, 0.1) is 26.2 Å². The van der Waals surface area contributed by atoms with Crippen LogP contribution in [0.25, 0.3) is 11.0 Å². The van der Waals surface area contributed by atoms with Gasteiger partial charge < -0.3 is 26.8 Å². The van der Waals surface area contributed by atoms with Gasteiger partial charge in [-0.05, 0) is 39.1 Å². The van der Waals surface area contributed by atoms with Gasteiger partial charge in [-0.25, -0.2) is 19.1 Å². The van der Waals surface area contributed by atoms with E-state index in [0.717, 1.165) is 29.9 Å². The number of halogens is 2. The molecule has 3 rings (SSSR count). The Kier molecular flexibility index (Phi) is 13.2. The van der Waals surface area contributed by atoms with Crippen LogP contribution in [-0.2, 0) is 24.4 Å². The summed E-state index contributed by atoms with van der Waals surface area (Å²) in [5, 5.41) is 5.68. The Morgan fingerprint density at radius 3 is 2.40 bits per heavy atom. The molecular weight excluding hydrogens is 557 g/mol. The largest absolute Gasteiger partial charge is 0.492 e. The van der Waals surface area contributed by atoms with Crippen molar-refractivity contribution in [1.29, 1.82) is 0 Å². The summed E-state index contributed by atoms with van der Waals surface area (Å²) < 4.78 is 10.2. The van der Waals surface area contributed by atoms with E-state index in [1.807, 2.05) is 45.9 Å². The third-order valence-corrected chi connectivity index (χ3v) is 6.54. The number of benzene rings is 1. The first-order valence-corrected chi connectivity index (χ1v) is 14.3. The predicted molar refractivity (Wildman–Crippen MR) is 159 cm³/mol. The summed E-state index contributed by atoms with van der Waals surface area (Å²) in [6.07, 6.45) is 1.47. The SMILES string of the molecule is CCN(CC)CC(=O)NCCOc1ccc2c(c1)n(CC)c(CNC(=O)c1nc(Cl)c(N)nc1N)[n+]2CC.CCl. The van der Waals surface area contributed by atoms with Crippen LogP contribution in [0.4, 0.5) is 11.6 Å². The van der Waals surface area contributed by atoms with Gasteiger partial charge in [-0.3, -0.25) is 14.5 Å². The van der Waals surface area contributed by atoms with Gasteiger partial charge >= 0.3 is 0 Å². The van der Waals surface area contributed by atoms with Crippen molar-refractivity contribution < 1.29 is 18.9 Å². The molecule has 0 aliphatic rings. The van der Waals surface area contributed by atoms with E-state index >= 15 is 0 Å². The number of likely N-dealkylation sites (N-methyl/N-ethyl adjacent to an activating group) is 1. The van der Waals surface area contributed by atoms with Crippen molar-refractivity contribution in [3.05, 3.63) is 34.9 Å². The molecule has 2 heterocycles. The summed E-state index contributed by atoms with van der Waals surface area (Å²) in [5.74, 6) is 0.954. The summed E-state index contributed by atoms with van der Waals surface area (Å²) in [6.45, 7) is 12.6. The number of alkyl halides is 1. The summed E-state index contributed by atoms with van der Waals surface area (Å²) in [7, 11) is 0. The maximum atomic E-state index is 12.8. The number of anilines is 2. The van der Waals surface area contributed by atoms with Crippen LogP contribution in [0.3, 0.4) is 0 Å². The topological polar surface area (TPSA) is 157 Å². The fourth-order valence-corrected chi connectivity index (χ4v) is 4.40. The molecule has 6 N–H and O–H groups in total. The van der Waals surface area contributed by atoms with E-state index in [1.54, 1.807) is 0 Å². The number of ether oxygens (including phenoxy) is 1. The van der Waals surface area contributed by atoms with E-state index in [4.69, 9.17) is 27.8 Å². The number of carbonyl (C=O) groups excluding carboxylic acids is 2. The lowest BCUT2D eigenvalue weighted by Gasteiger charge is -2.17. The van der Waals surface area contributed by atoms with Gasteiger partial charge in [0.15, 0.2) is 33.5 Å². The number of hydrogen-bond acceptors (Lipinski definition) is 8. The Morgan fingerprint density at radius 2 is 1.77 bits per heavy atom. The summed E-state index contributed by atoms with van der Waals surface area (Å²) in [4.78, 5) is 34.8. The van der Waals surface area contributed by atoms with Crippen LogP contribution in [0.1, 0.15) is 44.0 Å². The number of carbonyl (C=O) groups is 2. The van der Waals surface area contributed by atoms with Crippen LogP contribution in [0.5, 0.6) is 5.75 Å². The molecule has 0 atom stereocenters. The Bertz CT molecular complexity index is 1300. The van der Waals surface area contributed by atoms with Gasteiger partial charge in [-0.15, -0.1) is 11.6 Å². The minimum atomic E-state index is -0.500. The van der Waals surface area contributed by atoms with Crippen LogP contribution < -0.4 is 31.4 Å². The fraction of sp³-hybridized carbons (Fsp3) is 0.500. The molecule has 12 nitrogen and oxygen atoms in total. The summed E-state index contributed by atoms with van der Waals surface area (Å²) in [5.41, 5.74) is 13.3. The molecule has 0 saturated carbocycles. The van der Waals surface area contributed by atoms with Crippen LogP contribution in [-0.4, -0.2) is 70.4 Å². The number of nitrogen functional groups attached to an aromatic ring is 2. The Balaban J connectivity index is 0.00000274. The highest BCUT2D eigenvalue weighted by Gasteiger charge is 2.25. The van der Waals surface area contributed by atoms with Crippen molar-refractivity contribution in [2.24, 2.45) is 0 Å². The molecule has 14 heteroatoms. The molecule has 220 valence electrons. The second kappa shape index (κ2) is 16.0. The zero-order chi connectivity index (χ0) is 29.8. The quantitative estimate of drug-likeness (QED) is 0.133. The molecule has 0 saturated heterocycles. The average Bonchev–Trinajstić information content (AvgIpc) is 3.27. The van der Waals surface area contributed by atoms with Crippen molar-refractivity contribution >= 4 is 57.7 Å². The Labute approximate surface area is 245 Å². The Hall–Kier alpha value is -3.35. The predicted octanol–water partition coefficient (Wildman–Crippen LogP) is 2.20. The molecule has 0 bridgehead atoms. The van der Waals surface area contributed by atoms with Crippen molar-refractivity contribution in [3.63, 3.8) is 0 Å². The molecule has 2 aromatic heterocycles. The lowest BCUT2D eigenvalue weighted by molar-refractivity contribution is -0.676. The number of nitrogens with one attached hydrogen (secondary N) is 2. The maximum Gasteiger partial charge on any atom is 0.277 e. The number of aromatic nitrogens is 4. The Morgan fingerprint density at radius 1 is 1.07 bits per heavy atom. The first-order chi connectivity index (χ1) is 19.2. The molecular formula is C26H40Cl2N9O3+. The molecule has 40 heavy (non-hydrogen) atoms. The second-order valence-corrected chi connectivity index (χ2v) is 8.89. The second-order valence-electron chi connectivity index (χ2n) is 8.53. The van der Waals surface area contributed by atoms with Crippen molar-refractivity contribution in [2.45, 2.75) is 47.3 Å². The first kappa shape index (κ1) is 32.9. The number of nitrogens with two attached hydrogens (primary N) is 2. The van der Waals surface area contributed by atoms with Gasteiger partial charge in [-0.2, -0.15) is 0 Å². The summed E-state index contributed by atoms with van der Waals surface area (Å²) >= 11 is 10.6. The smallest absolute Gasteiger partial charge is 0.277 e. The molecule has 0 spiro atoms. The third kappa shape index (κ3) is 8.09. The lowest BCUT2D eigenvalue weighted by Crippen LogP contribution is -2.40. The molecule has 0 aliphatic carbocycles. The van der Waals surface area contributed by atoms with Gasteiger partial charge in [0, 0.05) is 12.4 Å². The van der Waals surface area contributed by atoms with Crippen LogP contribution in [0, 0.1) is 0 Å². The number of amides is 2. The van der Waals surface area contributed by atoms with Crippen molar-refractivity contribution in [2.75, 3.05) is 50.6 Å². The van der Waals surface area contributed by atoms with Gasteiger partial charge in [0.2, 0.25) is 5.91 Å². The van der Waals surface area contributed by atoms with Crippen LogP contribution in [0.15, 0.2) is 18.2 Å². The van der Waals surface area contributed by atoms with Gasteiger partial charge in [0.1, 0.15) is 18.9 Å². The fourth-order valence-electron chi connectivity index (χ4n) is 4.28. The number of fused-ring (bicyclic) bond motifs is 1. The van der Waals surface area contributed by atoms with E-state index in [9.17, 15) is 9.59 Å². The number of imidazole rings is 1.